The number of nitrogens with one attached hydrogen (secondary N) is 1. The van der Waals surface area contributed by atoms with Crippen LogP contribution in [-0.4, -0.2) is 23.5 Å². The van der Waals surface area contributed by atoms with Gasteiger partial charge in [0.1, 0.15) is 5.00 Å². The third-order valence-electron chi connectivity index (χ3n) is 6.42. The number of para-hydroxylation sites is 1. The lowest BCUT2D eigenvalue weighted by atomic mass is 9.95. The molecule has 6 heteroatoms. The van der Waals surface area contributed by atoms with E-state index in [2.05, 4.69) is 5.32 Å². The fraction of sp³-hybridized carbons (Fsp3) is 0.276. The van der Waals surface area contributed by atoms with Crippen molar-refractivity contribution in [2.45, 2.75) is 46.0 Å². The van der Waals surface area contributed by atoms with Crippen molar-refractivity contribution in [1.82, 2.24) is 4.98 Å². The number of ether oxygens (including phenoxy) is 1. The van der Waals surface area contributed by atoms with E-state index in [1.165, 1.54) is 16.2 Å². The number of thiophene rings is 1. The summed E-state index contributed by atoms with van der Waals surface area (Å²) >= 11 is 1.51. The number of carbonyl (C=O) groups is 2. The first-order valence-electron chi connectivity index (χ1n) is 12.2. The molecule has 0 aliphatic heterocycles. The quantitative estimate of drug-likeness (QED) is 0.300. The number of amides is 1. The normalized spacial score (nSPS) is 12.9. The van der Waals surface area contributed by atoms with Gasteiger partial charge in [-0.2, -0.15) is 0 Å². The highest BCUT2D eigenvalue weighted by Gasteiger charge is 2.28. The van der Waals surface area contributed by atoms with Gasteiger partial charge in [0.05, 0.1) is 28.9 Å². The number of esters is 1. The number of hydrogen-bond acceptors (Lipinski definition) is 5. The Morgan fingerprint density at radius 2 is 1.83 bits per heavy atom. The number of nitrogens with zero attached hydrogens (tertiary/aromatic N) is 1. The molecule has 178 valence electrons. The molecule has 0 saturated carbocycles. The number of aromatic nitrogens is 1. The first kappa shape index (κ1) is 23.2. The number of hydrogen-bond donors (Lipinski definition) is 1. The molecule has 0 fully saturated rings. The maximum atomic E-state index is 13.7. The van der Waals surface area contributed by atoms with Gasteiger partial charge in [0, 0.05) is 15.8 Å². The van der Waals surface area contributed by atoms with Crippen LogP contribution in [0.1, 0.15) is 62.9 Å². The SMILES string of the molecule is CCCOC(=O)c1c(NC(=O)c2cc(-c3ccccc3C)nc3ccccc23)sc2c1CCCC2. The molecule has 2 aromatic heterocycles. The molecule has 1 N–H and O–H groups in total. The van der Waals surface area contributed by atoms with Crippen LogP contribution in [-0.2, 0) is 17.6 Å². The average Bonchev–Trinajstić information content (AvgIpc) is 3.24. The lowest BCUT2D eigenvalue weighted by molar-refractivity contribution is 0.0505. The van der Waals surface area contributed by atoms with Crippen molar-refractivity contribution in [2.75, 3.05) is 11.9 Å². The molecule has 2 aromatic carbocycles. The van der Waals surface area contributed by atoms with E-state index in [4.69, 9.17) is 9.72 Å². The van der Waals surface area contributed by atoms with Crippen molar-refractivity contribution >= 4 is 39.1 Å². The predicted octanol–water partition coefficient (Wildman–Crippen LogP) is 6.97. The topological polar surface area (TPSA) is 68.3 Å². The number of aryl methyl sites for hydroxylation is 2. The lowest BCUT2D eigenvalue weighted by Gasteiger charge is -2.13. The van der Waals surface area contributed by atoms with Crippen molar-refractivity contribution in [3.63, 3.8) is 0 Å². The molecular formula is C29H28N2O3S. The number of benzene rings is 2. The van der Waals surface area contributed by atoms with Crippen LogP contribution < -0.4 is 5.32 Å². The molecule has 1 aliphatic carbocycles. The summed E-state index contributed by atoms with van der Waals surface area (Å²) in [5, 5.41) is 4.44. The van der Waals surface area contributed by atoms with Gasteiger partial charge < -0.3 is 10.1 Å². The molecule has 2 heterocycles. The van der Waals surface area contributed by atoms with Crippen molar-refractivity contribution < 1.29 is 14.3 Å². The van der Waals surface area contributed by atoms with Crippen molar-refractivity contribution in [2.24, 2.45) is 0 Å². The fourth-order valence-corrected chi connectivity index (χ4v) is 5.94. The van der Waals surface area contributed by atoms with E-state index < -0.39 is 0 Å². The van der Waals surface area contributed by atoms with Crippen molar-refractivity contribution in [3.8, 4) is 11.3 Å². The van der Waals surface area contributed by atoms with E-state index in [0.717, 1.165) is 65.4 Å². The average molecular weight is 485 g/mol. The summed E-state index contributed by atoms with van der Waals surface area (Å²) in [5.41, 5.74) is 5.69. The summed E-state index contributed by atoms with van der Waals surface area (Å²) in [6.07, 6.45) is 4.66. The molecule has 5 rings (SSSR count). The predicted molar refractivity (Wildman–Crippen MR) is 141 cm³/mol. The second-order valence-corrected chi connectivity index (χ2v) is 10.00. The third-order valence-corrected chi connectivity index (χ3v) is 7.63. The lowest BCUT2D eigenvalue weighted by Crippen LogP contribution is -2.16. The molecule has 0 saturated heterocycles. The molecule has 0 unspecified atom stereocenters. The van der Waals surface area contributed by atoms with E-state index >= 15 is 0 Å². The van der Waals surface area contributed by atoms with Gasteiger partial charge in [-0.15, -0.1) is 11.3 Å². The van der Waals surface area contributed by atoms with E-state index in [9.17, 15) is 9.59 Å². The minimum Gasteiger partial charge on any atom is -0.462 e. The molecule has 1 amide bonds. The summed E-state index contributed by atoms with van der Waals surface area (Å²) in [6, 6.07) is 17.5. The summed E-state index contributed by atoms with van der Waals surface area (Å²) in [7, 11) is 0. The Labute approximate surface area is 209 Å². The Kier molecular flexibility index (Phi) is 6.64. The zero-order chi connectivity index (χ0) is 24.4. The van der Waals surface area contributed by atoms with Crippen LogP contribution >= 0.6 is 11.3 Å². The second-order valence-electron chi connectivity index (χ2n) is 8.89. The Morgan fingerprint density at radius 1 is 1.06 bits per heavy atom. The van der Waals surface area contributed by atoms with E-state index in [1.54, 1.807) is 0 Å². The number of anilines is 1. The minimum atomic E-state index is -0.346. The number of carbonyl (C=O) groups excluding carboxylic acids is 2. The van der Waals surface area contributed by atoms with Gasteiger partial charge in [-0.05, 0) is 62.3 Å². The van der Waals surface area contributed by atoms with Crippen LogP contribution in [0.25, 0.3) is 22.2 Å². The molecule has 4 aromatic rings. The van der Waals surface area contributed by atoms with Gasteiger partial charge in [-0.25, -0.2) is 9.78 Å². The van der Waals surface area contributed by atoms with Gasteiger partial charge in [-0.3, -0.25) is 4.79 Å². The summed E-state index contributed by atoms with van der Waals surface area (Å²) < 4.78 is 5.50. The second kappa shape index (κ2) is 10.0. The zero-order valence-corrected chi connectivity index (χ0v) is 20.8. The zero-order valence-electron chi connectivity index (χ0n) is 20.0. The number of fused-ring (bicyclic) bond motifs is 2. The number of pyridine rings is 1. The van der Waals surface area contributed by atoms with Gasteiger partial charge in [0.15, 0.2) is 0 Å². The van der Waals surface area contributed by atoms with Gasteiger partial charge >= 0.3 is 5.97 Å². The number of rotatable bonds is 6. The smallest absolute Gasteiger partial charge is 0.341 e. The Bertz CT molecular complexity index is 1420. The van der Waals surface area contributed by atoms with Crippen LogP contribution in [0.5, 0.6) is 0 Å². The Hall–Kier alpha value is -3.51. The first-order valence-corrected chi connectivity index (χ1v) is 13.0. The van der Waals surface area contributed by atoms with E-state index in [1.807, 2.05) is 68.4 Å². The highest BCUT2D eigenvalue weighted by Crippen LogP contribution is 2.39. The monoisotopic (exact) mass is 484 g/mol. The van der Waals surface area contributed by atoms with Crippen molar-refractivity contribution in [1.29, 1.82) is 0 Å². The summed E-state index contributed by atoms with van der Waals surface area (Å²) in [5.74, 6) is -0.594. The van der Waals surface area contributed by atoms with E-state index in [0.29, 0.717) is 22.7 Å². The van der Waals surface area contributed by atoms with Crippen LogP contribution in [0.15, 0.2) is 54.6 Å². The maximum absolute atomic E-state index is 13.7. The van der Waals surface area contributed by atoms with Gasteiger partial charge in [-0.1, -0.05) is 49.4 Å². The van der Waals surface area contributed by atoms with Crippen LogP contribution in [0.4, 0.5) is 5.00 Å². The minimum absolute atomic E-state index is 0.249. The van der Waals surface area contributed by atoms with Crippen LogP contribution in [0.3, 0.4) is 0 Å². The molecule has 1 aliphatic rings. The molecule has 0 radical (unpaired) electrons. The molecule has 5 nitrogen and oxygen atoms in total. The van der Waals surface area contributed by atoms with Crippen molar-refractivity contribution in [3.05, 3.63) is 81.7 Å². The highest BCUT2D eigenvalue weighted by molar-refractivity contribution is 7.17. The van der Waals surface area contributed by atoms with Gasteiger partial charge in [0.25, 0.3) is 5.91 Å². The standard InChI is InChI=1S/C29H28N2O3S/c1-3-16-34-29(33)26-21-13-7-9-15-25(21)35-28(26)31-27(32)22-17-24(19-11-5-4-10-18(19)2)30-23-14-8-6-12-20(22)23/h4-6,8,10-12,14,17H,3,7,9,13,15-16H2,1-2H3,(H,31,32). The first-order chi connectivity index (χ1) is 17.1. The Morgan fingerprint density at radius 3 is 2.66 bits per heavy atom. The maximum Gasteiger partial charge on any atom is 0.341 e. The molecule has 0 spiro atoms. The molecule has 35 heavy (non-hydrogen) atoms. The summed E-state index contributed by atoms with van der Waals surface area (Å²) in [4.78, 5) is 32.7. The molecule has 0 bridgehead atoms. The largest absolute Gasteiger partial charge is 0.462 e. The van der Waals surface area contributed by atoms with E-state index in [-0.39, 0.29) is 11.9 Å². The molecule has 0 atom stereocenters. The highest BCUT2D eigenvalue weighted by atomic mass is 32.1. The third kappa shape index (κ3) is 4.58. The van der Waals surface area contributed by atoms with Crippen LogP contribution in [0.2, 0.25) is 0 Å². The van der Waals surface area contributed by atoms with Gasteiger partial charge in [0.2, 0.25) is 0 Å². The molecular weight excluding hydrogens is 456 g/mol. The Balaban J connectivity index is 1.57. The fourth-order valence-electron chi connectivity index (χ4n) is 4.67. The van der Waals surface area contributed by atoms with Crippen LogP contribution in [0, 0.1) is 6.92 Å². The summed E-state index contributed by atoms with van der Waals surface area (Å²) in [6.45, 7) is 4.38.